The molecule has 0 saturated heterocycles. The van der Waals surface area contributed by atoms with E-state index in [1.165, 1.54) is 13.2 Å². The second-order valence-electron chi connectivity index (χ2n) is 4.02. The molecule has 0 unspecified atom stereocenters. The number of ether oxygens (including phenoxy) is 2. The van der Waals surface area contributed by atoms with Crippen LogP contribution in [0, 0.1) is 4.91 Å². The average Bonchev–Trinajstić information content (AvgIpc) is 2.52. The van der Waals surface area contributed by atoms with Crippen molar-refractivity contribution in [2.75, 3.05) is 7.11 Å². The van der Waals surface area contributed by atoms with Crippen LogP contribution in [0.4, 0.5) is 5.69 Å². The van der Waals surface area contributed by atoms with Gasteiger partial charge in [-0.15, -0.1) is 4.91 Å². The smallest absolute Gasteiger partial charge is 0.190 e. The van der Waals surface area contributed by atoms with E-state index in [0.29, 0.717) is 18.6 Å². The monoisotopic (exact) mass is 271 g/mol. The van der Waals surface area contributed by atoms with Crippen molar-refractivity contribution in [1.29, 1.82) is 0 Å². The Balaban J connectivity index is 2.28. The predicted octanol–water partition coefficient (Wildman–Crippen LogP) is 3.48. The first-order valence-corrected chi connectivity index (χ1v) is 5.96. The number of rotatable bonds is 6. The summed E-state index contributed by atoms with van der Waals surface area (Å²) in [5, 5.41) is 2.84. The van der Waals surface area contributed by atoms with Gasteiger partial charge in [-0.3, -0.25) is 4.79 Å². The Labute approximate surface area is 116 Å². The third-order valence-corrected chi connectivity index (χ3v) is 2.79. The second-order valence-corrected chi connectivity index (χ2v) is 4.02. The van der Waals surface area contributed by atoms with E-state index in [-0.39, 0.29) is 17.0 Å². The van der Waals surface area contributed by atoms with Crippen LogP contribution >= 0.6 is 0 Å². The zero-order valence-electron chi connectivity index (χ0n) is 10.9. The summed E-state index contributed by atoms with van der Waals surface area (Å²) >= 11 is 0. The van der Waals surface area contributed by atoms with E-state index >= 15 is 0 Å². The quantitative estimate of drug-likeness (QED) is 0.596. The minimum atomic E-state index is -0.0481. The molecule has 0 N–H and O–H groups in total. The summed E-state index contributed by atoms with van der Waals surface area (Å²) in [6.07, 6.45) is 0.556. The summed E-state index contributed by atoms with van der Waals surface area (Å²) in [5.74, 6) is 0.539. The zero-order valence-corrected chi connectivity index (χ0v) is 10.9. The molecule has 0 aliphatic rings. The minimum Gasteiger partial charge on any atom is -0.491 e. The fourth-order valence-corrected chi connectivity index (χ4v) is 1.80. The SMILES string of the molecule is COc1c(OCc2ccccc2)ccc(C=O)c1N=O. The van der Waals surface area contributed by atoms with Crippen molar-refractivity contribution < 1.29 is 14.3 Å². The lowest BCUT2D eigenvalue weighted by molar-refractivity contribution is 0.112. The Bertz CT molecular complexity index is 611. The van der Waals surface area contributed by atoms with E-state index in [1.807, 2.05) is 30.3 Å². The molecule has 0 bridgehead atoms. The van der Waals surface area contributed by atoms with Crippen LogP contribution in [-0.2, 0) is 6.61 Å². The molecular weight excluding hydrogens is 258 g/mol. The summed E-state index contributed by atoms with van der Waals surface area (Å²) in [4.78, 5) is 21.7. The van der Waals surface area contributed by atoms with Gasteiger partial charge < -0.3 is 9.47 Å². The number of hydrogen-bond donors (Lipinski definition) is 0. The van der Waals surface area contributed by atoms with Crippen LogP contribution in [-0.4, -0.2) is 13.4 Å². The highest BCUT2D eigenvalue weighted by molar-refractivity contribution is 5.86. The van der Waals surface area contributed by atoms with Gasteiger partial charge in [-0.1, -0.05) is 30.3 Å². The molecule has 102 valence electrons. The molecule has 2 aromatic rings. The summed E-state index contributed by atoms with van der Waals surface area (Å²) in [7, 11) is 1.40. The normalized spacial score (nSPS) is 9.85. The van der Waals surface area contributed by atoms with Gasteiger partial charge >= 0.3 is 0 Å². The number of carbonyl (C=O) groups is 1. The molecule has 0 heterocycles. The molecule has 0 atom stereocenters. The maximum Gasteiger partial charge on any atom is 0.190 e. The maximum atomic E-state index is 10.8. The molecule has 2 aromatic carbocycles. The molecule has 0 amide bonds. The molecule has 0 aliphatic carbocycles. The lowest BCUT2D eigenvalue weighted by Crippen LogP contribution is -1.98. The molecule has 0 saturated carbocycles. The highest BCUT2D eigenvalue weighted by atomic mass is 16.5. The third kappa shape index (κ3) is 2.83. The van der Waals surface area contributed by atoms with E-state index in [1.54, 1.807) is 6.07 Å². The molecule has 0 spiro atoms. The Morgan fingerprint density at radius 3 is 2.50 bits per heavy atom. The first kappa shape index (κ1) is 13.7. The van der Waals surface area contributed by atoms with Crippen molar-refractivity contribution in [3.05, 3.63) is 58.5 Å². The Hall–Kier alpha value is -2.69. The van der Waals surface area contributed by atoms with Crippen LogP contribution in [0.15, 0.2) is 47.6 Å². The third-order valence-electron chi connectivity index (χ3n) is 2.79. The average molecular weight is 271 g/mol. The molecule has 2 rings (SSSR count). The van der Waals surface area contributed by atoms with Crippen LogP contribution in [0.25, 0.3) is 0 Å². The first-order chi connectivity index (χ1) is 9.80. The molecule has 5 heteroatoms. The van der Waals surface area contributed by atoms with Gasteiger partial charge in [0, 0.05) is 5.56 Å². The Morgan fingerprint density at radius 1 is 1.15 bits per heavy atom. The van der Waals surface area contributed by atoms with Crippen LogP contribution in [0.2, 0.25) is 0 Å². The summed E-state index contributed by atoms with van der Waals surface area (Å²) in [6.45, 7) is 0.329. The first-order valence-electron chi connectivity index (χ1n) is 5.96. The van der Waals surface area contributed by atoms with E-state index in [9.17, 15) is 9.70 Å². The van der Waals surface area contributed by atoms with Gasteiger partial charge in [0.2, 0.25) is 0 Å². The lowest BCUT2D eigenvalue weighted by Gasteiger charge is -2.12. The number of carbonyl (C=O) groups excluding carboxylic acids is 1. The van der Waals surface area contributed by atoms with E-state index in [4.69, 9.17) is 9.47 Å². The van der Waals surface area contributed by atoms with Gasteiger partial charge in [-0.25, -0.2) is 0 Å². The highest BCUT2D eigenvalue weighted by Crippen LogP contribution is 2.39. The maximum absolute atomic E-state index is 10.8. The van der Waals surface area contributed by atoms with Crippen molar-refractivity contribution >= 4 is 12.0 Å². The lowest BCUT2D eigenvalue weighted by atomic mass is 10.1. The number of benzene rings is 2. The molecule has 5 nitrogen and oxygen atoms in total. The van der Waals surface area contributed by atoms with Gasteiger partial charge in [0.25, 0.3) is 0 Å². The van der Waals surface area contributed by atoms with Crippen LogP contribution in [0.1, 0.15) is 15.9 Å². The molecule has 20 heavy (non-hydrogen) atoms. The number of nitrogens with zero attached hydrogens (tertiary/aromatic N) is 1. The van der Waals surface area contributed by atoms with Gasteiger partial charge in [-0.2, -0.15) is 0 Å². The van der Waals surface area contributed by atoms with Crippen molar-refractivity contribution in [2.24, 2.45) is 5.18 Å². The van der Waals surface area contributed by atoms with E-state index in [0.717, 1.165) is 5.56 Å². The highest BCUT2D eigenvalue weighted by Gasteiger charge is 2.16. The van der Waals surface area contributed by atoms with E-state index in [2.05, 4.69) is 5.18 Å². The molecular formula is C15H13NO4. The van der Waals surface area contributed by atoms with Gasteiger partial charge in [0.05, 0.1) is 7.11 Å². The Kier molecular flexibility index (Phi) is 4.44. The van der Waals surface area contributed by atoms with Crippen LogP contribution in [0.3, 0.4) is 0 Å². The van der Waals surface area contributed by atoms with Crippen molar-refractivity contribution in [3.8, 4) is 11.5 Å². The fourth-order valence-electron chi connectivity index (χ4n) is 1.80. The second kappa shape index (κ2) is 6.47. The van der Waals surface area contributed by atoms with Crippen LogP contribution < -0.4 is 9.47 Å². The molecule has 0 aromatic heterocycles. The van der Waals surface area contributed by atoms with Gasteiger partial charge in [-0.05, 0) is 22.9 Å². The van der Waals surface area contributed by atoms with Gasteiger partial charge in [0.1, 0.15) is 6.61 Å². The van der Waals surface area contributed by atoms with Crippen molar-refractivity contribution in [2.45, 2.75) is 6.61 Å². The predicted molar refractivity (Wildman–Crippen MR) is 74.6 cm³/mol. The minimum absolute atomic E-state index is 0.0481. The Morgan fingerprint density at radius 2 is 1.90 bits per heavy atom. The summed E-state index contributed by atoms with van der Waals surface area (Å²) in [5.41, 5.74) is 1.10. The summed E-state index contributed by atoms with van der Waals surface area (Å²) < 4.78 is 10.7. The summed E-state index contributed by atoms with van der Waals surface area (Å²) in [6, 6.07) is 12.6. The topological polar surface area (TPSA) is 65.0 Å². The number of methoxy groups -OCH3 is 1. The largest absolute Gasteiger partial charge is 0.491 e. The molecule has 0 fully saturated rings. The fraction of sp³-hybridized carbons (Fsp3) is 0.133. The van der Waals surface area contributed by atoms with Gasteiger partial charge in [0.15, 0.2) is 23.5 Å². The standard InChI is InChI=1S/C15H13NO4/c1-19-15-13(8-7-12(9-17)14(15)16-18)20-10-11-5-3-2-4-6-11/h2-9H,10H2,1H3. The number of aldehydes is 1. The zero-order chi connectivity index (χ0) is 14.4. The van der Waals surface area contributed by atoms with Crippen LogP contribution in [0.5, 0.6) is 11.5 Å². The number of hydrogen-bond acceptors (Lipinski definition) is 5. The van der Waals surface area contributed by atoms with Crippen molar-refractivity contribution in [3.63, 3.8) is 0 Å². The molecule has 0 aliphatic heterocycles. The molecule has 0 radical (unpaired) electrons. The van der Waals surface area contributed by atoms with E-state index < -0.39 is 0 Å². The van der Waals surface area contributed by atoms with Crippen molar-refractivity contribution in [1.82, 2.24) is 0 Å². The number of nitroso groups, excluding NO2 is 1.